The molecule has 0 amide bonds. The van der Waals surface area contributed by atoms with Crippen molar-refractivity contribution in [1.82, 2.24) is 9.78 Å². The Morgan fingerprint density at radius 1 is 1.63 bits per heavy atom. The number of amidine groups is 1. The SMILES string of the molecule is N/C(=N\OC(=O)CCn1cc(Cl)cn1)c1cccs1. The van der Waals surface area contributed by atoms with Crippen LogP contribution < -0.4 is 5.73 Å². The van der Waals surface area contributed by atoms with E-state index in [1.54, 1.807) is 16.9 Å². The number of carbonyl (C=O) groups is 1. The molecule has 2 aromatic rings. The second-order valence-corrected chi connectivity index (χ2v) is 4.97. The van der Waals surface area contributed by atoms with E-state index in [1.807, 2.05) is 11.4 Å². The van der Waals surface area contributed by atoms with Gasteiger partial charge in [0.25, 0.3) is 0 Å². The molecule has 0 saturated carbocycles. The molecule has 100 valence electrons. The molecule has 0 atom stereocenters. The fourth-order valence-electron chi connectivity index (χ4n) is 1.28. The number of nitrogens with two attached hydrogens (primary N) is 1. The second kappa shape index (κ2) is 6.35. The molecule has 0 spiro atoms. The highest BCUT2D eigenvalue weighted by Crippen LogP contribution is 2.08. The lowest BCUT2D eigenvalue weighted by atomic mass is 10.4. The predicted molar refractivity (Wildman–Crippen MR) is 73.0 cm³/mol. The van der Waals surface area contributed by atoms with Crippen LogP contribution in [0.25, 0.3) is 0 Å². The van der Waals surface area contributed by atoms with Crippen LogP contribution in [0.1, 0.15) is 11.3 Å². The molecular formula is C11H11ClN4O2S. The molecule has 0 aliphatic rings. The molecule has 0 radical (unpaired) electrons. The highest BCUT2D eigenvalue weighted by Gasteiger charge is 2.06. The Hall–Kier alpha value is -1.86. The van der Waals surface area contributed by atoms with Gasteiger partial charge in [-0.15, -0.1) is 11.3 Å². The third kappa shape index (κ3) is 4.08. The van der Waals surface area contributed by atoms with Crippen molar-refractivity contribution in [3.8, 4) is 0 Å². The van der Waals surface area contributed by atoms with Gasteiger partial charge in [0, 0.05) is 6.20 Å². The van der Waals surface area contributed by atoms with Crippen LogP contribution in [-0.4, -0.2) is 21.6 Å². The van der Waals surface area contributed by atoms with E-state index in [4.69, 9.17) is 22.2 Å². The Labute approximate surface area is 118 Å². The third-order valence-electron chi connectivity index (χ3n) is 2.17. The van der Waals surface area contributed by atoms with Crippen LogP contribution in [0.3, 0.4) is 0 Å². The van der Waals surface area contributed by atoms with Gasteiger partial charge in [-0.1, -0.05) is 22.8 Å². The number of oxime groups is 1. The van der Waals surface area contributed by atoms with Crippen molar-refractivity contribution in [1.29, 1.82) is 0 Å². The van der Waals surface area contributed by atoms with Gasteiger partial charge in [-0.2, -0.15) is 5.10 Å². The van der Waals surface area contributed by atoms with E-state index in [1.165, 1.54) is 17.5 Å². The van der Waals surface area contributed by atoms with E-state index >= 15 is 0 Å². The molecule has 2 rings (SSSR count). The summed E-state index contributed by atoms with van der Waals surface area (Å²) in [5.41, 5.74) is 5.65. The fraction of sp³-hybridized carbons (Fsp3) is 0.182. The minimum absolute atomic E-state index is 0.138. The summed E-state index contributed by atoms with van der Waals surface area (Å²) in [5.74, 6) is -0.295. The summed E-state index contributed by atoms with van der Waals surface area (Å²) < 4.78 is 1.55. The van der Waals surface area contributed by atoms with Gasteiger partial charge in [0.2, 0.25) is 0 Å². The average Bonchev–Trinajstić information content (AvgIpc) is 3.04. The smallest absolute Gasteiger partial charge is 0.336 e. The molecule has 2 aromatic heterocycles. The van der Waals surface area contributed by atoms with Gasteiger partial charge in [-0.05, 0) is 11.4 Å². The maximum atomic E-state index is 11.4. The van der Waals surface area contributed by atoms with Crippen molar-refractivity contribution in [2.75, 3.05) is 0 Å². The second-order valence-electron chi connectivity index (χ2n) is 3.59. The van der Waals surface area contributed by atoms with Gasteiger partial charge >= 0.3 is 5.97 Å². The number of aromatic nitrogens is 2. The molecular weight excluding hydrogens is 288 g/mol. The molecule has 2 heterocycles. The van der Waals surface area contributed by atoms with E-state index in [9.17, 15) is 4.79 Å². The number of aryl methyl sites for hydroxylation is 1. The Kier molecular flexibility index (Phi) is 4.53. The highest BCUT2D eigenvalue weighted by atomic mass is 35.5. The van der Waals surface area contributed by atoms with Crippen LogP contribution >= 0.6 is 22.9 Å². The third-order valence-corrected chi connectivity index (χ3v) is 3.25. The summed E-state index contributed by atoms with van der Waals surface area (Å²) in [6.07, 6.45) is 3.26. The summed E-state index contributed by atoms with van der Waals surface area (Å²) in [6.45, 7) is 0.375. The Bertz CT molecular complexity index is 579. The van der Waals surface area contributed by atoms with E-state index in [0.29, 0.717) is 11.6 Å². The first-order chi connectivity index (χ1) is 9.15. The average molecular weight is 299 g/mol. The van der Waals surface area contributed by atoms with Gasteiger partial charge < -0.3 is 10.6 Å². The van der Waals surface area contributed by atoms with E-state index < -0.39 is 5.97 Å². The summed E-state index contributed by atoms with van der Waals surface area (Å²) in [6, 6.07) is 3.63. The maximum Gasteiger partial charge on any atom is 0.336 e. The molecule has 0 unspecified atom stereocenters. The molecule has 2 N–H and O–H groups in total. The molecule has 0 fully saturated rings. The lowest BCUT2D eigenvalue weighted by Crippen LogP contribution is -2.14. The van der Waals surface area contributed by atoms with Crippen LogP contribution in [0, 0.1) is 0 Å². The van der Waals surface area contributed by atoms with Crippen molar-refractivity contribution in [3.05, 3.63) is 39.8 Å². The van der Waals surface area contributed by atoms with E-state index in [0.717, 1.165) is 4.88 Å². The Morgan fingerprint density at radius 2 is 2.47 bits per heavy atom. The van der Waals surface area contributed by atoms with E-state index in [2.05, 4.69) is 10.3 Å². The first-order valence-electron chi connectivity index (χ1n) is 5.40. The molecule has 19 heavy (non-hydrogen) atoms. The number of thiophene rings is 1. The maximum absolute atomic E-state index is 11.4. The first kappa shape index (κ1) is 13.6. The summed E-state index contributed by atoms with van der Waals surface area (Å²) in [7, 11) is 0. The van der Waals surface area contributed by atoms with Crippen LogP contribution in [0.2, 0.25) is 5.02 Å². The summed E-state index contributed by atoms with van der Waals surface area (Å²) >= 11 is 7.12. The molecule has 0 aliphatic heterocycles. The molecule has 8 heteroatoms. The van der Waals surface area contributed by atoms with Crippen LogP contribution in [-0.2, 0) is 16.2 Å². The number of rotatable bonds is 5. The lowest BCUT2D eigenvalue weighted by molar-refractivity contribution is -0.143. The van der Waals surface area contributed by atoms with Gasteiger partial charge in [0.05, 0.1) is 29.1 Å². The predicted octanol–water partition coefficient (Wildman–Crippen LogP) is 1.85. The normalized spacial score (nSPS) is 11.5. The van der Waals surface area contributed by atoms with Crippen molar-refractivity contribution in [3.63, 3.8) is 0 Å². The zero-order valence-corrected chi connectivity index (χ0v) is 11.4. The first-order valence-corrected chi connectivity index (χ1v) is 6.66. The number of hydrogen-bond acceptors (Lipinski definition) is 5. The summed E-state index contributed by atoms with van der Waals surface area (Å²) in [4.78, 5) is 16.9. The highest BCUT2D eigenvalue weighted by molar-refractivity contribution is 7.12. The molecule has 0 saturated heterocycles. The quantitative estimate of drug-likeness (QED) is 0.395. The fourth-order valence-corrected chi connectivity index (χ4v) is 2.06. The van der Waals surface area contributed by atoms with Crippen LogP contribution in [0.5, 0.6) is 0 Å². The number of hydrogen-bond donors (Lipinski definition) is 1. The van der Waals surface area contributed by atoms with Crippen LogP contribution in [0.15, 0.2) is 35.1 Å². The largest absolute Gasteiger partial charge is 0.380 e. The van der Waals surface area contributed by atoms with Crippen molar-refractivity contribution in [2.24, 2.45) is 10.9 Å². The zero-order valence-electron chi connectivity index (χ0n) is 9.82. The Morgan fingerprint density at radius 3 is 3.11 bits per heavy atom. The van der Waals surface area contributed by atoms with Gasteiger partial charge in [0.1, 0.15) is 0 Å². The Balaban J connectivity index is 1.80. The van der Waals surface area contributed by atoms with Crippen molar-refractivity contribution in [2.45, 2.75) is 13.0 Å². The van der Waals surface area contributed by atoms with Gasteiger partial charge in [-0.25, -0.2) is 4.79 Å². The topological polar surface area (TPSA) is 82.5 Å². The van der Waals surface area contributed by atoms with Crippen molar-refractivity contribution >= 4 is 34.7 Å². The minimum Gasteiger partial charge on any atom is -0.380 e. The zero-order chi connectivity index (χ0) is 13.7. The van der Waals surface area contributed by atoms with E-state index in [-0.39, 0.29) is 12.3 Å². The standard InChI is InChI=1S/C11H11ClN4O2S/c12-8-6-14-16(7-8)4-3-10(17)18-15-11(13)9-2-1-5-19-9/h1-2,5-7H,3-4H2,(H2,13,15). The minimum atomic E-state index is -0.480. The lowest BCUT2D eigenvalue weighted by Gasteiger charge is -2.00. The molecule has 0 aromatic carbocycles. The number of carbonyl (C=O) groups excluding carboxylic acids is 1. The molecule has 0 aliphatic carbocycles. The van der Waals surface area contributed by atoms with Gasteiger partial charge in [0.15, 0.2) is 5.84 Å². The van der Waals surface area contributed by atoms with Crippen LogP contribution in [0.4, 0.5) is 0 Å². The number of nitrogens with zero attached hydrogens (tertiary/aromatic N) is 3. The molecule has 6 nitrogen and oxygen atoms in total. The monoisotopic (exact) mass is 298 g/mol. The number of halogens is 1. The van der Waals surface area contributed by atoms with Gasteiger partial charge in [-0.3, -0.25) is 4.68 Å². The van der Waals surface area contributed by atoms with Crippen molar-refractivity contribution < 1.29 is 9.63 Å². The summed E-state index contributed by atoms with van der Waals surface area (Å²) in [5, 5.41) is 9.91. The molecule has 0 bridgehead atoms.